The Bertz CT molecular complexity index is 247. The molecule has 0 saturated carbocycles. The van der Waals surface area contributed by atoms with E-state index in [0.29, 0.717) is 13.2 Å². The van der Waals surface area contributed by atoms with E-state index in [1.807, 2.05) is 6.92 Å². The summed E-state index contributed by atoms with van der Waals surface area (Å²) in [5.41, 5.74) is 0. The third-order valence-electron chi connectivity index (χ3n) is 1.97. The first-order valence-electron chi connectivity index (χ1n) is 5.49. The summed E-state index contributed by atoms with van der Waals surface area (Å²) in [4.78, 5) is 22.1. The normalized spacial score (nSPS) is 13.8. The molecule has 0 radical (unpaired) electrons. The molecule has 0 heterocycles. The van der Waals surface area contributed by atoms with E-state index in [-0.39, 0.29) is 19.1 Å². The number of aliphatic carboxylic acids is 1. The Morgan fingerprint density at radius 1 is 1.35 bits per heavy atom. The van der Waals surface area contributed by atoms with E-state index in [9.17, 15) is 9.59 Å². The van der Waals surface area contributed by atoms with Gasteiger partial charge in [0, 0.05) is 19.6 Å². The van der Waals surface area contributed by atoms with Crippen molar-refractivity contribution in [2.75, 3.05) is 19.8 Å². The van der Waals surface area contributed by atoms with Gasteiger partial charge in [-0.05, 0) is 13.8 Å². The van der Waals surface area contributed by atoms with E-state index in [1.54, 1.807) is 6.92 Å². The van der Waals surface area contributed by atoms with Gasteiger partial charge in [0.2, 0.25) is 0 Å². The van der Waals surface area contributed by atoms with Crippen LogP contribution in [0.4, 0.5) is 4.79 Å². The highest BCUT2D eigenvalue weighted by atomic mass is 16.5. The van der Waals surface area contributed by atoms with Crippen molar-refractivity contribution in [3.05, 3.63) is 0 Å². The van der Waals surface area contributed by atoms with Crippen LogP contribution in [0.15, 0.2) is 0 Å². The van der Waals surface area contributed by atoms with Crippen molar-refractivity contribution in [1.82, 2.24) is 10.6 Å². The molecule has 0 aromatic carbocycles. The van der Waals surface area contributed by atoms with Crippen LogP contribution in [0.1, 0.15) is 20.3 Å². The summed E-state index contributed by atoms with van der Waals surface area (Å²) in [7, 11) is 0. The van der Waals surface area contributed by atoms with Gasteiger partial charge in [-0.3, -0.25) is 0 Å². The first-order valence-corrected chi connectivity index (χ1v) is 5.49. The number of nitrogens with one attached hydrogen (secondary N) is 2. The van der Waals surface area contributed by atoms with Crippen molar-refractivity contribution < 1.29 is 24.5 Å². The maximum Gasteiger partial charge on any atom is 0.326 e. The average Bonchev–Trinajstić information content (AvgIpc) is 2.25. The molecule has 0 aromatic heterocycles. The molecule has 0 aliphatic carbocycles. The lowest BCUT2D eigenvalue weighted by atomic mass is 10.2. The molecule has 4 N–H and O–H groups in total. The Labute approximate surface area is 100 Å². The van der Waals surface area contributed by atoms with Gasteiger partial charge in [-0.2, -0.15) is 0 Å². The SMILES string of the molecule is CCOCC(C)NC(=O)NC(CCO)C(=O)O. The van der Waals surface area contributed by atoms with Gasteiger partial charge in [0.1, 0.15) is 6.04 Å². The number of aliphatic hydroxyl groups excluding tert-OH is 1. The first kappa shape index (κ1) is 15.7. The monoisotopic (exact) mass is 248 g/mol. The van der Waals surface area contributed by atoms with E-state index < -0.39 is 18.0 Å². The second kappa shape index (κ2) is 8.77. The van der Waals surface area contributed by atoms with Crippen molar-refractivity contribution in [3.63, 3.8) is 0 Å². The molecular formula is C10H20N2O5. The number of rotatable bonds is 8. The van der Waals surface area contributed by atoms with Crippen molar-refractivity contribution in [2.24, 2.45) is 0 Å². The highest BCUT2D eigenvalue weighted by molar-refractivity contribution is 5.82. The molecule has 7 nitrogen and oxygen atoms in total. The number of ether oxygens (including phenoxy) is 1. The molecule has 0 aliphatic heterocycles. The van der Waals surface area contributed by atoms with Crippen LogP contribution in [0.3, 0.4) is 0 Å². The summed E-state index contributed by atoms with van der Waals surface area (Å²) >= 11 is 0. The quantitative estimate of drug-likeness (QED) is 0.465. The summed E-state index contributed by atoms with van der Waals surface area (Å²) < 4.78 is 5.10. The fourth-order valence-corrected chi connectivity index (χ4v) is 1.15. The van der Waals surface area contributed by atoms with Crippen LogP contribution in [0.5, 0.6) is 0 Å². The first-order chi connectivity index (χ1) is 8.01. The zero-order chi connectivity index (χ0) is 13.3. The maximum atomic E-state index is 11.4. The van der Waals surface area contributed by atoms with E-state index >= 15 is 0 Å². The highest BCUT2D eigenvalue weighted by Crippen LogP contribution is 1.92. The van der Waals surface area contributed by atoms with Gasteiger partial charge in [0.05, 0.1) is 12.6 Å². The number of amides is 2. The molecule has 0 aromatic rings. The summed E-state index contributed by atoms with van der Waals surface area (Å²) in [5, 5.41) is 22.2. The highest BCUT2D eigenvalue weighted by Gasteiger charge is 2.19. The van der Waals surface area contributed by atoms with Gasteiger partial charge in [0.25, 0.3) is 0 Å². The molecule has 17 heavy (non-hydrogen) atoms. The van der Waals surface area contributed by atoms with Crippen LogP contribution in [0, 0.1) is 0 Å². The van der Waals surface area contributed by atoms with Crippen molar-refractivity contribution in [3.8, 4) is 0 Å². The topological polar surface area (TPSA) is 108 Å². The second-order valence-corrected chi connectivity index (χ2v) is 3.58. The molecule has 0 aliphatic rings. The molecule has 0 spiro atoms. The number of carboxylic acids is 1. The number of hydrogen-bond donors (Lipinski definition) is 4. The Morgan fingerprint density at radius 3 is 2.47 bits per heavy atom. The van der Waals surface area contributed by atoms with Crippen LogP contribution in [0.2, 0.25) is 0 Å². The number of hydrogen-bond acceptors (Lipinski definition) is 4. The van der Waals surface area contributed by atoms with Crippen molar-refractivity contribution in [2.45, 2.75) is 32.4 Å². The van der Waals surface area contributed by atoms with Gasteiger partial charge in [-0.25, -0.2) is 9.59 Å². The second-order valence-electron chi connectivity index (χ2n) is 3.58. The van der Waals surface area contributed by atoms with Crippen LogP contribution in [-0.2, 0) is 9.53 Å². The summed E-state index contributed by atoms with van der Waals surface area (Å²) in [5.74, 6) is -1.17. The summed E-state index contributed by atoms with van der Waals surface area (Å²) in [6, 6.07) is -1.88. The molecule has 2 atom stereocenters. The van der Waals surface area contributed by atoms with E-state index in [1.165, 1.54) is 0 Å². The fourth-order valence-electron chi connectivity index (χ4n) is 1.15. The molecule has 2 amide bonds. The molecule has 0 saturated heterocycles. The zero-order valence-corrected chi connectivity index (χ0v) is 10.1. The Hall–Kier alpha value is -1.34. The smallest absolute Gasteiger partial charge is 0.326 e. The molecule has 0 fully saturated rings. The lowest BCUT2D eigenvalue weighted by Gasteiger charge is -2.17. The van der Waals surface area contributed by atoms with Crippen LogP contribution >= 0.6 is 0 Å². The van der Waals surface area contributed by atoms with E-state index in [2.05, 4.69) is 10.6 Å². The van der Waals surface area contributed by atoms with Gasteiger partial charge >= 0.3 is 12.0 Å². The largest absolute Gasteiger partial charge is 0.480 e. The average molecular weight is 248 g/mol. The summed E-state index contributed by atoms with van der Waals surface area (Å²) in [6.45, 7) is 4.20. The minimum atomic E-state index is -1.17. The number of aliphatic hydroxyl groups is 1. The lowest BCUT2D eigenvalue weighted by Crippen LogP contribution is -2.49. The zero-order valence-electron chi connectivity index (χ0n) is 10.1. The molecule has 100 valence electrons. The van der Waals surface area contributed by atoms with E-state index in [0.717, 1.165) is 0 Å². The fraction of sp³-hybridized carbons (Fsp3) is 0.800. The molecular weight excluding hydrogens is 228 g/mol. The standard InChI is InChI=1S/C10H20N2O5/c1-3-17-6-7(2)11-10(16)12-8(4-5-13)9(14)15/h7-8,13H,3-6H2,1-2H3,(H,14,15)(H2,11,12,16). The molecule has 2 unspecified atom stereocenters. The minimum Gasteiger partial charge on any atom is -0.480 e. The third kappa shape index (κ3) is 7.53. The van der Waals surface area contributed by atoms with Crippen molar-refractivity contribution >= 4 is 12.0 Å². The van der Waals surface area contributed by atoms with Crippen LogP contribution < -0.4 is 10.6 Å². The number of carboxylic acid groups (broad SMARTS) is 1. The summed E-state index contributed by atoms with van der Waals surface area (Å²) in [6.07, 6.45) is -0.0252. The Morgan fingerprint density at radius 2 is 2.00 bits per heavy atom. The van der Waals surface area contributed by atoms with Gasteiger partial charge in [0.15, 0.2) is 0 Å². The van der Waals surface area contributed by atoms with Crippen molar-refractivity contribution in [1.29, 1.82) is 0 Å². The predicted octanol–water partition coefficient (Wildman–Crippen LogP) is -0.454. The molecule has 0 bridgehead atoms. The predicted molar refractivity (Wildman–Crippen MR) is 60.7 cm³/mol. The Kier molecular flexibility index (Phi) is 8.08. The minimum absolute atomic E-state index is 0.0252. The van der Waals surface area contributed by atoms with Crippen LogP contribution in [0.25, 0.3) is 0 Å². The number of urea groups is 1. The maximum absolute atomic E-state index is 11.4. The molecule has 0 rings (SSSR count). The van der Waals surface area contributed by atoms with Crippen LogP contribution in [-0.4, -0.2) is 54.1 Å². The number of carbonyl (C=O) groups excluding carboxylic acids is 1. The Balaban J connectivity index is 4.00. The molecule has 7 heteroatoms. The number of carbonyl (C=O) groups is 2. The lowest BCUT2D eigenvalue weighted by molar-refractivity contribution is -0.139. The van der Waals surface area contributed by atoms with E-state index in [4.69, 9.17) is 14.9 Å². The van der Waals surface area contributed by atoms with Gasteiger partial charge in [-0.15, -0.1) is 0 Å². The third-order valence-corrected chi connectivity index (χ3v) is 1.97. The van der Waals surface area contributed by atoms with Gasteiger partial charge < -0.3 is 25.6 Å². The van der Waals surface area contributed by atoms with Gasteiger partial charge in [-0.1, -0.05) is 0 Å².